The van der Waals surface area contributed by atoms with Crippen LogP contribution in [0.15, 0.2) is 24.3 Å². The third-order valence-electron chi connectivity index (χ3n) is 4.22. The lowest BCUT2D eigenvalue weighted by molar-refractivity contribution is -0.144. The molecule has 9 nitrogen and oxygen atoms in total. The van der Waals surface area contributed by atoms with Crippen molar-refractivity contribution < 1.29 is 23.5 Å². The van der Waals surface area contributed by atoms with Crippen molar-refractivity contribution in [1.82, 2.24) is 24.8 Å². The maximum Gasteiger partial charge on any atom is 0.428 e. The van der Waals surface area contributed by atoms with Crippen molar-refractivity contribution >= 4 is 12.0 Å². The van der Waals surface area contributed by atoms with Crippen LogP contribution in [-0.4, -0.2) is 69.7 Å². The van der Waals surface area contributed by atoms with Crippen LogP contribution in [-0.2, 0) is 27.7 Å². The van der Waals surface area contributed by atoms with Gasteiger partial charge in [0.1, 0.15) is 11.6 Å². The molecule has 0 aliphatic carbocycles. The molecule has 28 heavy (non-hydrogen) atoms. The number of carbonyl (C=O) groups excluding carboxylic acids is 2. The summed E-state index contributed by atoms with van der Waals surface area (Å²) in [7, 11) is 1.68. The first-order valence-electron chi connectivity index (χ1n) is 8.97. The Morgan fingerprint density at radius 1 is 1.18 bits per heavy atom. The van der Waals surface area contributed by atoms with Crippen LogP contribution in [0.5, 0.6) is 0 Å². The van der Waals surface area contributed by atoms with Crippen LogP contribution in [0.4, 0.5) is 9.18 Å². The number of hydrazine groups is 1. The monoisotopic (exact) mass is 391 g/mol. The van der Waals surface area contributed by atoms with E-state index < -0.39 is 6.09 Å². The van der Waals surface area contributed by atoms with Crippen molar-refractivity contribution in [2.45, 2.75) is 13.3 Å². The van der Waals surface area contributed by atoms with Gasteiger partial charge in [0.25, 0.3) is 0 Å². The van der Waals surface area contributed by atoms with Gasteiger partial charge in [-0.15, -0.1) is 0 Å². The number of aryl methyl sites for hydroxylation is 1. The summed E-state index contributed by atoms with van der Waals surface area (Å²) in [6.07, 6.45) is -0.646. The first-order chi connectivity index (χ1) is 13.5. The lowest BCUT2D eigenvalue weighted by Gasteiger charge is -2.31. The second-order valence-corrected chi connectivity index (χ2v) is 6.11. The van der Waals surface area contributed by atoms with E-state index in [2.05, 4.69) is 10.1 Å². The Morgan fingerprint density at radius 3 is 2.54 bits per heavy atom. The summed E-state index contributed by atoms with van der Waals surface area (Å²) in [5.74, 6) is 0.155. The average molecular weight is 391 g/mol. The van der Waals surface area contributed by atoms with E-state index in [4.69, 9.17) is 9.47 Å². The van der Waals surface area contributed by atoms with Gasteiger partial charge in [-0.25, -0.2) is 24.2 Å². The van der Waals surface area contributed by atoms with Gasteiger partial charge < -0.3 is 9.47 Å². The molecule has 1 aliphatic rings. The molecule has 1 fully saturated rings. The molecule has 2 aromatic rings. The summed E-state index contributed by atoms with van der Waals surface area (Å²) in [6, 6.07) is 5.80. The summed E-state index contributed by atoms with van der Waals surface area (Å²) in [5, 5.41) is 6.88. The predicted octanol–water partition coefficient (Wildman–Crippen LogP) is 1.40. The second-order valence-electron chi connectivity index (χ2n) is 6.11. The number of nitrogens with zero attached hydrogens (tertiary/aromatic N) is 5. The number of amides is 2. The first kappa shape index (κ1) is 19.7. The number of aromatic nitrogens is 3. The van der Waals surface area contributed by atoms with E-state index in [-0.39, 0.29) is 37.8 Å². The molecule has 0 unspecified atom stereocenters. The van der Waals surface area contributed by atoms with Crippen LogP contribution in [0.3, 0.4) is 0 Å². The Morgan fingerprint density at radius 2 is 1.86 bits per heavy atom. The molecule has 2 heterocycles. The Hall–Kier alpha value is -3.01. The van der Waals surface area contributed by atoms with Gasteiger partial charge in [-0.2, -0.15) is 5.10 Å². The van der Waals surface area contributed by atoms with Crippen LogP contribution in [0, 0.1) is 5.82 Å². The zero-order valence-corrected chi connectivity index (χ0v) is 15.8. The molecule has 0 bridgehead atoms. The molecule has 1 aromatic carbocycles. The summed E-state index contributed by atoms with van der Waals surface area (Å²) in [6.45, 7) is 3.02. The molecule has 3 rings (SSSR count). The van der Waals surface area contributed by atoms with Gasteiger partial charge in [-0.05, 0) is 31.2 Å². The molecule has 150 valence electrons. The lowest BCUT2D eigenvalue weighted by atomic mass is 10.2. The number of benzene rings is 1. The molecule has 0 saturated carbocycles. The number of hydrogen-bond donors (Lipinski definition) is 0. The van der Waals surface area contributed by atoms with Gasteiger partial charge in [0.05, 0.1) is 39.3 Å². The van der Waals surface area contributed by atoms with Crippen molar-refractivity contribution in [2.24, 2.45) is 7.05 Å². The number of hydrogen-bond acceptors (Lipinski definition) is 6. The molecular formula is C18H22FN5O4. The fraction of sp³-hybridized carbons (Fsp3) is 0.444. The smallest absolute Gasteiger partial charge is 0.428 e. The maximum atomic E-state index is 13.1. The minimum absolute atomic E-state index is 0.0550. The zero-order chi connectivity index (χ0) is 20.1. The van der Waals surface area contributed by atoms with Crippen molar-refractivity contribution in [3.63, 3.8) is 0 Å². The SMILES string of the molecule is CCOC(=O)N1CCOCCN1C(=O)Cc1nc(-c2ccc(F)cc2)nn1C. The van der Waals surface area contributed by atoms with Crippen molar-refractivity contribution in [2.75, 3.05) is 32.9 Å². The van der Waals surface area contributed by atoms with E-state index in [0.717, 1.165) is 0 Å². The highest BCUT2D eigenvalue weighted by molar-refractivity contribution is 5.81. The van der Waals surface area contributed by atoms with Crippen LogP contribution in [0.25, 0.3) is 11.4 Å². The largest absolute Gasteiger partial charge is 0.448 e. The second kappa shape index (κ2) is 8.79. The van der Waals surface area contributed by atoms with Crippen LogP contribution in [0.2, 0.25) is 0 Å². The number of ether oxygens (including phenoxy) is 2. The molecule has 0 spiro atoms. The fourth-order valence-corrected chi connectivity index (χ4v) is 2.81. The Kier molecular flexibility index (Phi) is 6.19. The van der Waals surface area contributed by atoms with E-state index in [1.54, 1.807) is 26.1 Å². The van der Waals surface area contributed by atoms with E-state index in [1.807, 2.05) is 0 Å². The molecule has 1 saturated heterocycles. The van der Waals surface area contributed by atoms with Crippen LogP contribution < -0.4 is 0 Å². The molecular weight excluding hydrogens is 369 g/mol. The predicted molar refractivity (Wildman–Crippen MR) is 96.4 cm³/mol. The molecule has 1 aliphatic heterocycles. The van der Waals surface area contributed by atoms with Crippen molar-refractivity contribution in [1.29, 1.82) is 0 Å². The highest BCUT2D eigenvalue weighted by atomic mass is 19.1. The minimum Gasteiger partial charge on any atom is -0.448 e. The van der Waals surface area contributed by atoms with E-state index in [0.29, 0.717) is 30.4 Å². The van der Waals surface area contributed by atoms with Crippen LogP contribution in [0.1, 0.15) is 12.7 Å². The maximum absolute atomic E-state index is 13.1. The van der Waals surface area contributed by atoms with Crippen LogP contribution >= 0.6 is 0 Å². The standard InChI is InChI=1S/C18H22FN5O4/c1-3-28-18(26)24-9-11-27-10-8-23(24)16(25)12-15-20-17(21-22(15)2)13-4-6-14(19)7-5-13/h4-7H,3,8-12H2,1-2H3. The summed E-state index contributed by atoms with van der Waals surface area (Å²) < 4.78 is 25.0. The average Bonchev–Trinajstić information content (AvgIpc) is 2.89. The molecule has 1 aromatic heterocycles. The lowest BCUT2D eigenvalue weighted by Crippen LogP contribution is -2.51. The van der Waals surface area contributed by atoms with Gasteiger partial charge in [-0.1, -0.05) is 0 Å². The molecule has 2 amide bonds. The van der Waals surface area contributed by atoms with E-state index >= 15 is 0 Å². The fourth-order valence-electron chi connectivity index (χ4n) is 2.81. The minimum atomic E-state index is -0.591. The summed E-state index contributed by atoms with van der Waals surface area (Å²) >= 11 is 0. The molecule has 10 heteroatoms. The highest BCUT2D eigenvalue weighted by Gasteiger charge is 2.29. The Labute approximate surface area is 161 Å². The zero-order valence-electron chi connectivity index (χ0n) is 15.8. The summed E-state index contributed by atoms with van der Waals surface area (Å²) in [5.41, 5.74) is 0.645. The Balaban J connectivity index is 1.77. The number of halogens is 1. The third kappa shape index (κ3) is 4.45. The first-order valence-corrected chi connectivity index (χ1v) is 8.97. The number of rotatable bonds is 4. The number of carbonyl (C=O) groups is 2. The van der Waals surface area contributed by atoms with Crippen molar-refractivity contribution in [3.05, 3.63) is 35.9 Å². The quantitative estimate of drug-likeness (QED) is 0.783. The van der Waals surface area contributed by atoms with Gasteiger partial charge in [0, 0.05) is 12.6 Å². The van der Waals surface area contributed by atoms with E-state index in [9.17, 15) is 14.0 Å². The summed E-state index contributed by atoms with van der Waals surface area (Å²) in [4.78, 5) is 29.5. The topological polar surface area (TPSA) is 89.8 Å². The molecule has 0 radical (unpaired) electrons. The third-order valence-corrected chi connectivity index (χ3v) is 4.22. The normalized spacial score (nSPS) is 14.7. The molecule has 0 N–H and O–H groups in total. The van der Waals surface area contributed by atoms with Gasteiger partial charge in [0.2, 0.25) is 5.91 Å². The Bertz CT molecular complexity index is 839. The van der Waals surface area contributed by atoms with E-state index in [1.165, 1.54) is 26.8 Å². The molecule has 0 atom stereocenters. The van der Waals surface area contributed by atoms with Gasteiger partial charge >= 0.3 is 6.09 Å². The van der Waals surface area contributed by atoms with Gasteiger partial charge in [0.15, 0.2) is 5.82 Å². The van der Waals surface area contributed by atoms with Gasteiger partial charge in [-0.3, -0.25) is 9.48 Å². The van der Waals surface area contributed by atoms with Crippen molar-refractivity contribution in [3.8, 4) is 11.4 Å². The highest BCUT2D eigenvalue weighted by Crippen LogP contribution is 2.17.